The van der Waals surface area contributed by atoms with Gasteiger partial charge in [-0.1, -0.05) is 0 Å². The molecule has 14 heavy (non-hydrogen) atoms. The molecule has 4 nitrogen and oxygen atoms in total. The molecule has 0 bridgehead atoms. The fourth-order valence-corrected chi connectivity index (χ4v) is 3.25. The van der Waals surface area contributed by atoms with Crippen molar-refractivity contribution in [3.05, 3.63) is 0 Å². The third-order valence-corrected chi connectivity index (χ3v) is 3.90. The summed E-state index contributed by atoms with van der Waals surface area (Å²) >= 11 is 0. The average Bonchev–Trinajstić information content (AvgIpc) is 1.78. The van der Waals surface area contributed by atoms with Crippen LogP contribution >= 0.6 is 7.59 Å². The standard InChI is InChI=1S/C9H24N3OP/c1-8(2,3)11-14(13,10-7)12-9(4,5)6/h1-7H3,(H3,10,11,12,13). The molecular formula is C9H24N3OP. The quantitative estimate of drug-likeness (QED) is 0.639. The summed E-state index contributed by atoms with van der Waals surface area (Å²) in [4.78, 5) is 0. The van der Waals surface area contributed by atoms with E-state index in [-0.39, 0.29) is 11.1 Å². The number of nitrogens with one attached hydrogen (secondary N) is 3. The average molecular weight is 221 g/mol. The first-order chi connectivity index (χ1) is 5.97. The molecular weight excluding hydrogens is 197 g/mol. The van der Waals surface area contributed by atoms with E-state index < -0.39 is 7.59 Å². The van der Waals surface area contributed by atoms with Gasteiger partial charge in [0.25, 0.3) is 7.59 Å². The van der Waals surface area contributed by atoms with Crippen molar-refractivity contribution in [1.29, 1.82) is 0 Å². The topological polar surface area (TPSA) is 53.2 Å². The van der Waals surface area contributed by atoms with E-state index in [0.717, 1.165) is 0 Å². The highest BCUT2D eigenvalue weighted by Crippen LogP contribution is 2.35. The first kappa shape index (κ1) is 14.1. The fraction of sp³-hybridized carbons (Fsp3) is 1.00. The van der Waals surface area contributed by atoms with Gasteiger partial charge in [0.1, 0.15) is 0 Å². The molecule has 5 heteroatoms. The number of hydrogen-bond acceptors (Lipinski definition) is 1. The molecule has 86 valence electrons. The van der Waals surface area contributed by atoms with Crippen LogP contribution in [0, 0.1) is 0 Å². The second-order valence-corrected chi connectivity index (χ2v) is 7.67. The van der Waals surface area contributed by atoms with E-state index in [4.69, 9.17) is 0 Å². The summed E-state index contributed by atoms with van der Waals surface area (Å²) in [5.74, 6) is 0. The van der Waals surface area contributed by atoms with Crippen LogP contribution in [0.25, 0.3) is 0 Å². The Hall–Kier alpha value is 0.110. The largest absolute Gasteiger partial charge is 0.279 e. The Morgan fingerprint density at radius 3 is 1.29 bits per heavy atom. The second kappa shape index (κ2) is 4.31. The summed E-state index contributed by atoms with van der Waals surface area (Å²) < 4.78 is 12.3. The van der Waals surface area contributed by atoms with Crippen LogP contribution in [0.4, 0.5) is 0 Å². The Bertz CT molecular complexity index is 207. The molecule has 0 saturated carbocycles. The second-order valence-electron chi connectivity index (χ2n) is 5.56. The normalized spacial score (nSPS) is 14.5. The third-order valence-electron chi connectivity index (χ3n) is 1.30. The van der Waals surface area contributed by atoms with Crippen molar-refractivity contribution < 1.29 is 4.57 Å². The zero-order chi connectivity index (χ0) is 11.6. The van der Waals surface area contributed by atoms with Gasteiger partial charge in [0.2, 0.25) is 0 Å². The van der Waals surface area contributed by atoms with Crippen molar-refractivity contribution in [3.63, 3.8) is 0 Å². The third kappa shape index (κ3) is 6.55. The summed E-state index contributed by atoms with van der Waals surface area (Å²) in [6.07, 6.45) is 0. The van der Waals surface area contributed by atoms with Gasteiger partial charge in [0, 0.05) is 11.1 Å². The monoisotopic (exact) mass is 221 g/mol. The van der Waals surface area contributed by atoms with Gasteiger partial charge < -0.3 is 0 Å². The predicted octanol–water partition coefficient (Wildman–Crippen LogP) is 2.09. The Kier molecular flexibility index (Phi) is 4.35. The number of rotatable bonds is 3. The minimum absolute atomic E-state index is 0.184. The first-order valence-corrected chi connectivity index (χ1v) is 6.56. The smallest absolute Gasteiger partial charge is 0.271 e. The Labute approximate surface area is 87.8 Å². The van der Waals surface area contributed by atoms with Crippen LogP contribution in [0.2, 0.25) is 0 Å². The molecule has 0 saturated heterocycles. The lowest BCUT2D eigenvalue weighted by Crippen LogP contribution is -2.46. The number of hydrogen-bond donors (Lipinski definition) is 3. The molecule has 0 fully saturated rings. The molecule has 3 N–H and O–H groups in total. The molecule has 0 aliphatic carbocycles. The molecule has 0 spiro atoms. The molecule has 0 aliphatic rings. The van der Waals surface area contributed by atoms with Gasteiger partial charge in [0.15, 0.2) is 0 Å². The maximum absolute atomic E-state index is 12.3. The highest BCUT2D eigenvalue weighted by Gasteiger charge is 2.29. The lowest BCUT2D eigenvalue weighted by molar-refractivity contribution is 0.442. The van der Waals surface area contributed by atoms with Gasteiger partial charge in [-0.2, -0.15) is 0 Å². The molecule has 0 amide bonds. The van der Waals surface area contributed by atoms with Crippen molar-refractivity contribution in [2.45, 2.75) is 52.6 Å². The lowest BCUT2D eigenvalue weighted by Gasteiger charge is -2.33. The highest BCUT2D eigenvalue weighted by molar-refractivity contribution is 7.57. The van der Waals surface area contributed by atoms with Crippen molar-refractivity contribution >= 4 is 7.59 Å². The van der Waals surface area contributed by atoms with Crippen LogP contribution in [-0.2, 0) is 4.57 Å². The van der Waals surface area contributed by atoms with E-state index in [1.54, 1.807) is 7.05 Å². The van der Waals surface area contributed by atoms with Gasteiger partial charge in [0.05, 0.1) is 0 Å². The van der Waals surface area contributed by atoms with Crippen LogP contribution in [0.15, 0.2) is 0 Å². The Morgan fingerprint density at radius 2 is 1.14 bits per heavy atom. The van der Waals surface area contributed by atoms with E-state index in [1.165, 1.54) is 0 Å². The van der Waals surface area contributed by atoms with Gasteiger partial charge >= 0.3 is 0 Å². The van der Waals surface area contributed by atoms with Crippen molar-refractivity contribution in [1.82, 2.24) is 15.3 Å². The van der Waals surface area contributed by atoms with E-state index >= 15 is 0 Å². The van der Waals surface area contributed by atoms with Crippen molar-refractivity contribution in [2.24, 2.45) is 0 Å². The molecule has 0 heterocycles. The molecule has 0 aromatic rings. The van der Waals surface area contributed by atoms with Gasteiger partial charge in [-0.25, -0.2) is 15.3 Å². The van der Waals surface area contributed by atoms with Gasteiger partial charge in [-0.15, -0.1) is 0 Å². The minimum Gasteiger partial charge on any atom is -0.271 e. The SMILES string of the molecule is CNP(=O)(NC(C)(C)C)NC(C)(C)C. The maximum atomic E-state index is 12.3. The first-order valence-electron chi connectivity index (χ1n) is 4.85. The van der Waals surface area contributed by atoms with Crippen LogP contribution < -0.4 is 15.3 Å². The summed E-state index contributed by atoms with van der Waals surface area (Å²) in [6.45, 7) is 11.9. The zero-order valence-electron chi connectivity index (χ0n) is 10.4. The van der Waals surface area contributed by atoms with Crippen LogP contribution in [0.3, 0.4) is 0 Å². The molecule has 0 radical (unpaired) electrons. The van der Waals surface area contributed by atoms with E-state index in [1.807, 2.05) is 41.5 Å². The van der Waals surface area contributed by atoms with Gasteiger partial charge in [-0.05, 0) is 48.6 Å². The molecule has 0 rings (SSSR count). The summed E-state index contributed by atoms with van der Waals surface area (Å²) in [6, 6.07) is 0. The predicted molar refractivity (Wildman–Crippen MR) is 62.4 cm³/mol. The Balaban J connectivity index is 4.59. The molecule has 0 unspecified atom stereocenters. The molecule has 0 aliphatic heterocycles. The van der Waals surface area contributed by atoms with Crippen molar-refractivity contribution in [2.75, 3.05) is 7.05 Å². The van der Waals surface area contributed by atoms with E-state index in [9.17, 15) is 4.57 Å². The summed E-state index contributed by atoms with van der Waals surface area (Å²) in [5.41, 5.74) is -0.367. The zero-order valence-corrected chi connectivity index (χ0v) is 11.2. The van der Waals surface area contributed by atoms with E-state index in [2.05, 4.69) is 15.3 Å². The van der Waals surface area contributed by atoms with E-state index in [0.29, 0.717) is 0 Å². The fourth-order valence-electron chi connectivity index (χ4n) is 1.08. The lowest BCUT2D eigenvalue weighted by atomic mass is 10.1. The van der Waals surface area contributed by atoms with Crippen molar-refractivity contribution in [3.8, 4) is 0 Å². The van der Waals surface area contributed by atoms with Crippen LogP contribution in [0.1, 0.15) is 41.5 Å². The molecule has 0 atom stereocenters. The minimum atomic E-state index is -2.69. The Morgan fingerprint density at radius 1 is 0.857 bits per heavy atom. The van der Waals surface area contributed by atoms with Crippen LogP contribution in [0.5, 0.6) is 0 Å². The summed E-state index contributed by atoms with van der Waals surface area (Å²) in [7, 11) is -1.00. The molecule has 0 aromatic carbocycles. The summed E-state index contributed by atoms with van der Waals surface area (Å²) in [5, 5.41) is 8.97. The van der Waals surface area contributed by atoms with Crippen LogP contribution in [-0.4, -0.2) is 18.1 Å². The van der Waals surface area contributed by atoms with Gasteiger partial charge in [-0.3, -0.25) is 4.57 Å². The maximum Gasteiger partial charge on any atom is 0.279 e. The molecule has 0 aromatic heterocycles. The highest BCUT2D eigenvalue weighted by atomic mass is 31.2.